The average molecular weight is 334 g/mol. The maximum absolute atomic E-state index is 6.10. The molecule has 2 aromatic carbocycles. The molecule has 0 radical (unpaired) electrons. The van der Waals surface area contributed by atoms with E-state index >= 15 is 0 Å². The minimum Gasteiger partial charge on any atom is -0.457 e. The fraction of sp³-hybridized carbons (Fsp3) is 0.294. The van der Waals surface area contributed by atoms with Crippen molar-refractivity contribution in [2.24, 2.45) is 0 Å². The van der Waals surface area contributed by atoms with Crippen molar-refractivity contribution >= 4 is 15.9 Å². The summed E-state index contributed by atoms with van der Waals surface area (Å²) in [7, 11) is 0. The summed E-state index contributed by atoms with van der Waals surface area (Å²) in [6, 6.07) is 12.4. The minimum atomic E-state index is 0.820. The van der Waals surface area contributed by atoms with E-state index < -0.39 is 0 Å². The highest BCUT2D eigenvalue weighted by Crippen LogP contribution is 2.30. The third kappa shape index (κ3) is 3.84. The molecule has 2 aromatic rings. The first kappa shape index (κ1) is 15.1. The van der Waals surface area contributed by atoms with Crippen molar-refractivity contribution < 1.29 is 4.74 Å². The second kappa shape index (κ2) is 6.91. The zero-order valence-corrected chi connectivity index (χ0v) is 13.8. The Morgan fingerprint density at radius 2 is 1.85 bits per heavy atom. The number of hydrogen-bond acceptors (Lipinski definition) is 2. The molecule has 0 aromatic heterocycles. The maximum atomic E-state index is 6.10. The molecular formula is C17H20BrNO. The molecule has 1 N–H and O–H groups in total. The van der Waals surface area contributed by atoms with Gasteiger partial charge in [-0.2, -0.15) is 0 Å². The van der Waals surface area contributed by atoms with Gasteiger partial charge in [0.15, 0.2) is 0 Å². The number of rotatable bonds is 5. The highest BCUT2D eigenvalue weighted by atomic mass is 79.9. The van der Waals surface area contributed by atoms with Crippen molar-refractivity contribution in [2.75, 3.05) is 6.54 Å². The van der Waals surface area contributed by atoms with Crippen LogP contribution in [0.4, 0.5) is 0 Å². The third-order valence-electron chi connectivity index (χ3n) is 3.15. The van der Waals surface area contributed by atoms with Gasteiger partial charge in [-0.25, -0.2) is 0 Å². The molecule has 0 aliphatic heterocycles. The lowest BCUT2D eigenvalue weighted by Crippen LogP contribution is -2.12. The molecule has 0 saturated heterocycles. The molecular weight excluding hydrogens is 314 g/mol. The molecule has 0 amide bonds. The Balaban J connectivity index is 2.30. The van der Waals surface area contributed by atoms with Crippen LogP contribution in [0.2, 0.25) is 0 Å². The van der Waals surface area contributed by atoms with E-state index in [4.69, 9.17) is 4.74 Å². The Hall–Kier alpha value is -1.32. The Morgan fingerprint density at radius 1 is 1.05 bits per heavy atom. The van der Waals surface area contributed by atoms with Gasteiger partial charge in [0.1, 0.15) is 11.5 Å². The lowest BCUT2D eigenvalue weighted by molar-refractivity contribution is 0.469. The topological polar surface area (TPSA) is 21.3 Å². The fourth-order valence-corrected chi connectivity index (χ4v) is 2.35. The molecule has 0 aliphatic carbocycles. The van der Waals surface area contributed by atoms with E-state index in [-0.39, 0.29) is 0 Å². The Kier molecular flexibility index (Phi) is 5.21. The minimum absolute atomic E-state index is 0.820. The van der Waals surface area contributed by atoms with Crippen LogP contribution >= 0.6 is 15.9 Å². The molecule has 0 saturated carbocycles. The molecule has 2 nitrogen and oxygen atoms in total. The summed E-state index contributed by atoms with van der Waals surface area (Å²) < 4.78 is 7.13. The monoisotopic (exact) mass is 333 g/mol. The Labute approximate surface area is 129 Å². The van der Waals surface area contributed by atoms with E-state index in [1.165, 1.54) is 11.1 Å². The molecule has 0 fully saturated rings. The summed E-state index contributed by atoms with van der Waals surface area (Å²) in [5.41, 5.74) is 3.56. The summed E-state index contributed by atoms with van der Waals surface area (Å²) in [4.78, 5) is 0. The summed E-state index contributed by atoms with van der Waals surface area (Å²) in [5.74, 6) is 1.80. The predicted octanol–water partition coefficient (Wildman–Crippen LogP) is 4.97. The van der Waals surface area contributed by atoms with E-state index in [0.29, 0.717) is 0 Å². The van der Waals surface area contributed by atoms with E-state index in [2.05, 4.69) is 60.2 Å². The zero-order chi connectivity index (χ0) is 14.5. The second-order valence-electron chi connectivity index (χ2n) is 4.90. The van der Waals surface area contributed by atoms with Crippen molar-refractivity contribution in [1.29, 1.82) is 0 Å². The first-order valence-electron chi connectivity index (χ1n) is 6.84. The molecule has 0 heterocycles. The van der Waals surface area contributed by atoms with Gasteiger partial charge in [-0.1, -0.05) is 46.6 Å². The number of halogens is 1. The largest absolute Gasteiger partial charge is 0.457 e. The van der Waals surface area contributed by atoms with E-state index in [9.17, 15) is 0 Å². The normalized spacial score (nSPS) is 10.6. The highest BCUT2D eigenvalue weighted by molar-refractivity contribution is 9.10. The van der Waals surface area contributed by atoms with Crippen LogP contribution in [0.1, 0.15) is 23.6 Å². The zero-order valence-electron chi connectivity index (χ0n) is 12.2. The van der Waals surface area contributed by atoms with Gasteiger partial charge in [0.25, 0.3) is 0 Å². The fourth-order valence-electron chi connectivity index (χ4n) is 2.01. The molecule has 0 aliphatic rings. The lowest BCUT2D eigenvalue weighted by Gasteiger charge is -2.14. The smallest absolute Gasteiger partial charge is 0.131 e. The molecule has 0 spiro atoms. The van der Waals surface area contributed by atoms with Crippen LogP contribution in [0, 0.1) is 13.8 Å². The number of nitrogens with one attached hydrogen (secondary N) is 1. The van der Waals surface area contributed by atoms with Crippen LogP contribution in [0.3, 0.4) is 0 Å². The second-order valence-corrected chi connectivity index (χ2v) is 5.82. The molecule has 0 atom stereocenters. The van der Waals surface area contributed by atoms with Crippen molar-refractivity contribution in [2.45, 2.75) is 27.3 Å². The molecule has 106 valence electrons. The molecule has 20 heavy (non-hydrogen) atoms. The SMILES string of the molecule is CCNCc1cc(C)ccc1Oc1cc(Br)ccc1C. The van der Waals surface area contributed by atoms with E-state index in [0.717, 1.165) is 34.6 Å². The van der Waals surface area contributed by atoms with Crippen molar-refractivity contribution in [1.82, 2.24) is 5.32 Å². The first-order chi connectivity index (χ1) is 9.60. The Morgan fingerprint density at radius 3 is 2.60 bits per heavy atom. The quantitative estimate of drug-likeness (QED) is 0.834. The van der Waals surface area contributed by atoms with Crippen molar-refractivity contribution in [3.8, 4) is 11.5 Å². The van der Waals surface area contributed by atoms with Crippen LogP contribution in [0.15, 0.2) is 40.9 Å². The standard InChI is InChI=1S/C17H20BrNO/c1-4-19-11-14-9-12(2)5-8-16(14)20-17-10-15(18)7-6-13(17)3/h5-10,19H,4,11H2,1-3H3. The third-order valence-corrected chi connectivity index (χ3v) is 3.64. The van der Waals surface area contributed by atoms with Gasteiger partial charge < -0.3 is 10.1 Å². The van der Waals surface area contributed by atoms with Crippen molar-refractivity contribution in [3.05, 3.63) is 57.6 Å². The van der Waals surface area contributed by atoms with Crippen LogP contribution in [0.5, 0.6) is 11.5 Å². The number of aryl methyl sites for hydroxylation is 2. The highest BCUT2D eigenvalue weighted by Gasteiger charge is 2.07. The average Bonchev–Trinajstić information content (AvgIpc) is 2.43. The van der Waals surface area contributed by atoms with Gasteiger partial charge in [0, 0.05) is 16.6 Å². The van der Waals surface area contributed by atoms with Gasteiger partial charge in [0.2, 0.25) is 0 Å². The van der Waals surface area contributed by atoms with Crippen LogP contribution in [0.25, 0.3) is 0 Å². The van der Waals surface area contributed by atoms with Crippen molar-refractivity contribution in [3.63, 3.8) is 0 Å². The van der Waals surface area contributed by atoms with Gasteiger partial charge in [0.05, 0.1) is 0 Å². The molecule has 0 unspecified atom stereocenters. The van der Waals surface area contributed by atoms with Gasteiger partial charge >= 0.3 is 0 Å². The van der Waals surface area contributed by atoms with Crippen LogP contribution in [-0.2, 0) is 6.54 Å². The van der Waals surface area contributed by atoms with Gasteiger partial charge in [-0.05, 0) is 44.2 Å². The number of hydrogen-bond donors (Lipinski definition) is 1. The summed E-state index contributed by atoms with van der Waals surface area (Å²) in [6.07, 6.45) is 0. The number of benzene rings is 2. The Bertz CT molecular complexity index is 596. The maximum Gasteiger partial charge on any atom is 0.131 e. The van der Waals surface area contributed by atoms with E-state index in [1.54, 1.807) is 0 Å². The molecule has 0 bridgehead atoms. The number of ether oxygens (including phenoxy) is 1. The lowest BCUT2D eigenvalue weighted by atomic mass is 10.1. The van der Waals surface area contributed by atoms with Gasteiger partial charge in [-0.15, -0.1) is 0 Å². The van der Waals surface area contributed by atoms with Crippen LogP contribution in [-0.4, -0.2) is 6.54 Å². The summed E-state index contributed by atoms with van der Waals surface area (Å²) in [6.45, 7) is 8.03. The van der Waals surface area contributed by atoms with Gasteiger partial charge in [-0.3, -0.25) is 0 Å². The first-order valence-corrected chi connectivity index (χ1v) is 7.63. The van der Waals surface area contributed by atoms with Crippen LogP contribution < -0.4 is 10.1 Å². The predicted molar refractivity (Wildman–Crippen MR) is 87.5 cm³/mol. The van der Waals surface area contributed by atoms with E-state index in [1.807, 2.05) is 18.2 Å². The summed E-state index contributed by atoms with van der Waals surface area (Å²) in [5, 5.41) is 3.35. The summed E-state index contributed by atoms with van der Waals surface area (Å²) >= 11 is 3.49. The molecule has 2 rings (SSSR count). The molecule has 3 heteroatoms.